The predicted octanol–water partition coefficient (Wildman–Crippen LogP) is 5.81. The quantitative estimate of drug-likeness (QED) is 0.502. The van der Waals surface area contributed by atoms with Crippen LogP contribution >= 0.6 is 11.6 Å². The normalized spacial score (nSPS) is 16.6. The Balaban J connectivity index is 1.29. The SMILES string of the molecule is CC1(C)CC(C(=O)Cc2cnc3c(c2)CC(c2cc(NC(=O)c4ccco4)ccc2Cl)=N3)C1. The molecule has 0 atom stereocenters. The number of Topliss-reactive ketones (excluding diaryl/α,β-unsaturated/α-hetero) is 1. The Kier molecular flexibility index (Phi) is 5.41. The molecule has 1 fully saturated rings. The molecule has 1 saturated carbocycles. The van der Waals surface area contributed by atoms with Gasteiger partial charge in [0.2, 0.25) is 0 Å². The van der Waals surface area contributed by atoms with Crippen molar-refractivity contribution in [1.82, 2.24) is 4.98 Å². The predicted molar refractivity (Wildman–Crippen MR) is 127 cm³/mol. The topological polar surface area (TPSA) is 84.6 Å². The Morgan fingerprint density at radius 3 is 2.76 bits per heavy atom. The van der Waals surface area contributed by atoms with Gasteiger partial charge in [-0.05, 0) is 60.2 Å². The van der Waals surface area contributed by atoms with Gasteiger partial charge in [0.25, 0.3) is 5.91 Å². The van der Waals surface area contributed by atoms with Gasteiger partial charge in [-0.1, -0.05) is 25.4 Å². The number of benzene rings is 1. The van der Waals surface area contributed by atoms with Crippen molar-refractivity contribution in [2.75, 3.05) is 5.32 Å². The third-order valence-electron chi connectivity index (χ3n) is 6.31. The molecular formula is C26H24ClN3O3. The van der Waals surface area contributed by atoms with Crippen molar-refractivity contribution in [2.45, 2.75) is 39.5 Å². The lowest BCUT2D eigenvalue weighted by molar-refractivity contribution is -0.128. The van der Waals surface area contributed by atoms with E-state index in [4.69, 9.17) is 16.0 Å². The average molecular weight is 462 g/mol. The maximum atomic E-state index is 12.6. The highest BCUT2D eigenvalue weighted by atomic mass is 35.5. The summed E-state index contributed by atoms with van der Waals surface area (Å²) in [6.45, 7) is 4.41. The third-order valence-corrected chi connectivity index (χ3v) is 6.64. The van der Waals surface area contributed by atoms with Gasteiger partial charge in [0.05, 0.1) is 12.0 Å². The van der Waals surface area contributed by atoms with Crippen molar-refractivity contribution in [1.29, 1.82) is 0 Å². The standard InChI is InChI=1S/C26H24ClN3O3/c1-26(2)12-17(13-26)22(31)9-15-8-16-10-21(30-24(16)28-14-15)19-11-18(5-6-20(19)27)29-25(32)23-4-3-7-33-23/h3-8,11,14,17H,9-10,12-13H2,1-2H3,(H,29,32). The lowest BCUT2D eigenvalue weighted by Crippen LogP contribution is -2.37. The summed E-state index contributed by atoms with van der Waals surface area (Å²) in [5.74, 6) is 0.993. The lowest BCUT2D eigenvalue weighted by atomic mass is 9.62. The van der Waals surface area contributed by atoms with Crippen LogP contribution in [0.5, 0.6) is 0 Å². The second-order valence-corrected chi connectivity index (χ2v) is 10.0. The smallest absolute Gasteiger partial charge is 0.291 e. The van der Waals surface area contributed by atoms with Crippen LogP contribution in [0.1, 0.15) is 53.9 Å². The first-order valence-electron chi connectivity index (χ1n) is 11.0. The fraction of sp³-hybridized carbons (Fsp3) is 0.308. The largest absolute Gasteiger partial charge is 0.459 e. The van der Waals surface area contributed by atoms with Crippen LogP contribution in [0.2, 0.25) is 5.02 Å². The van der Waals surface area contributed by atoms with Gasteiger partial charge in [0.15, 0.2) is 11.6 Å². The van der Waals surface area contributed by atoms with Crippen LogP contribution in [0, 0.1) is 11.3 Å². The number of halogens is 1. The molecular weight excluding hydrogens is 438 g/mol. The number of aromatic nitrogens is 1. The molecule has 2 aromatic heterocycles. The van der Waals surface area contributed by atoms with Crippen LogP contribution in [-0.4, -0.2) is 22.4 Å². The zero-order chi connectivity index (χ0) is 23.2. The number of anilines is 1. The molecule has 33 heavy (non-hydrogen) atoms. The third kappa shape index (κ3) is 4.48. The van der Waals surface area contributed by atoms with E-state index in [-0.39, 0.29) is 23.0 Å². The first-order chi connectivity index (χ1) is 15.8. The highest BCUT2D eigenvalue weighted by molar-refractivity contribution is 6.34. The highest BCUT2D eigenvalue weighted by Crippen LogP contribution is 2.45. The van der Waals surface area contributed by atoms with Gasteiger partial charge < -0.3 is 9.73 Å². The van der Waals surface area contributed by atoms with E-state index in [1.54, 1.807) is 36.5 Å². The number of carbonyl (C=O) groups excluding carboxylic acids is 2. The van der Waals surface area contributed by atoms with E-state index in [1.807, 2.05) is 6.07 Å². The summed E-state index contributed by atoms with van der Waals surface area (Å²) in [7, 11) is 0. The van der Waals surface area contributed by atoms with Crippen molar-refractivity contribution < 1.29 is 14.0 Å². The maximum absolute atomic E-state index is 12.6. The fourth-order valence-electron chi connectivity index (χ4n) is 4.66. The van der Waals surface area contributed by atoms with E-state index in [1.165, 1.54) is 6.26 Å². The number of hydrogen-bond donors (Lipinski definition) is 1. The number of nitrogens with one attached hydrogen (secondary N) is 1. The van der Waals surface area contributed by atoms with E-state index in [0.717, 1.165) is 35.2 Å². The van der Waals surface area contributed by atoms with Gasteiger partial charge >= 0.3 is 0 Å². The van der Waals surface area contributed by atoms with Crippen molar-refractivity contribution in [3.8, 4) is 0 Å². The molecule has 5 rings (SSSR count). The molecule has 3 aromatic rings. The van der Waals surface area contributed by atoms with E-state index in [2.05, 4.69) is 29.1 Å². The van der Waals surface area contributed by atoms with Crippen LogP contribution in [0.4, 0.5) is 11.5 Å². The number of amides is 1. The number of hydrogen-bond acceptors (Lipinski definition) is 5. The Labute approximate surface area is 197 Å². The molecule has 0 bridgehead atoms. The Hall–Kier alpha value is -3.25. The summed E-state index contributed by atoms with van der Waals surface area (Å²) in [4.78, 5) is 34.1. The summed E-state index contributed by atoms with van der Waals surface area (Å²) in [6.07, 6.45) is 6.09. The molecule has 1 aromatic carbocycles. The number of ketones is 1. The zero-order valence-electron chi connectivity index (χ0n) is 18.5. The molecule has 1 amide bonds. The summed E-state index contributed by atoms with van der Waals surface area (Å²) < 4.78 is 5.14. The molecule has 3 heterocycles. The number of pyridine rings is 1. The molecule has 0 spiro atoms. The van der Waals surface area contributed by atoms with E-state index < -0.39 is 0 Å². The van der Waals surface area contributed by atoms with Crippen LogP contribution in [0.3, 0.4) is 0 Å². The van der Waals surface area contributed by atoms with Gasteiger partial charge in [-0.2, -0.15) is 0 Å². The van der Waals surface area contributed by atoms with Crippen molar-refractivity contribution in [3.05, 3.63) is 76.3 Å². The molecule has 0 unspecified atom stereocenters. The number of nitrogens with zero attached hydrogens (tertiary/aromatic N) is 2. The second-order valence-electron chi connectivity index (χ2n) is 9.60. The number of furan rings is 1. The van der Waals surface area contributed by atoms with E-state index >= 15 is 0 Å². The van der Waals surface area contributed by atoms with Crippen LogP contribution in [-0.2, 0) is 17.6 Å². The van der Waals surface area contributed by atoms with Gasteiger partial charge in [-0.3, -0.25) is 9.59 Å². The van der Waals surface area contributed by atoms with E-state index in [9.17, 15) is 9.59 Å². The van der Waals surface area contributed by atoms with Crippen molar-refractivity contribution >= 4 is 40.5 Å². The first kappa shape index (κ1) is 21.6. The minimum atomic E-state index is -0.337. The minimum absolute atomic E-state index is 0.165. The molecule has 7 heteroatoms. The number of fused-ring (bicyclic) bond motifs is 1. The molecule has 1 aliphatic carbocycles. The number of rotatable bonds is 6. The molecule has 168 valence electrons. The average Bonchev–Trinajstić information content (AvgIpc) is 3.43. The molecule has 1 N–H and O–H groups in total. The summed E-state index contributed by atoms with van der Waals surface area (Å²) in [5, 5.41) is 3.36. The van der Waals surface area contributed by atoms with Gasteiger partial charge in [0.1, 0.15) is 5.78 Å². The van der Waals surface area contributed by atoms with Gasteiger partial charge in [-0.15, -0.1) is 0 Å². The number of carbonyl (C=O) groups is 2. The molecule has 1 aliphatic heterocycles. The molecule has 0 radical (unpaired) electrons. The Morgan fingerprint density at radius 1 is 1.21 bits per heavy atom. The van der Waals surface area contributed by atoms with Crippen LogP contribution in [0.15, 0.2) is 58.3 Å². The maximum Gasteiger partial charge on any atom is 0.291 e. The van der Waals surface area contributed by atoms with Crippen molar-refractivity contribution in [3.63, 3.8) is 0 Å². The van der Waals surface area contributed by atoms with Crippen LogP contribution < -0.4 is 5.32 Å². The van der Waals surface area contributed by atoms with Gasteiger partial charge in [0, 0.05) is 46.8 Å². The molecule has 2 aliphatic rings. The lowest BCUT2D eigenvalue weighted by Gasteiger charge is -2.41. The summed E-state index contributed by atoms with van der Waals surface area (Å²) in [5.41, 5.74) is 4.29. The monoisotopic (exact) mass is 461 g/mol. The summed E-state index contributed by atoms with van der Waals surface area (Å²) in [6, 6.07) is 10.6. The molecule has 0 saturated heterocycles. The zero-order valence-corrected chi connectivity index (χ0v) is 19.3. The van der Waals surface area contributed by atoms with E-state index in [0.29, 0.717) is 35.2 Å². The first-order valence-corrected chi connectivity index (χ1v) is 11.4. The Bertz CT molecular complexity index is 1270. The highest BCUT2D eigenvalue weighted by Gasteiger charge is 2.39. The van der Waals surface area contributed by atoms with Crippen LogP contribution in [0.25, 0.3) is 0 Å². The second kappa shape index (κ2) is 8.27. The fourth-order valence-corrected chi connectivity index (χ4v) is 4.88. The molecule has 6 nitrogen and oxygen atoms in total. The number of aliphatic imine (C=N–C) groups is 1. The van der Waals surface area contributed by atoms with Crippen molar-refractivity contribution in [2.24, 2.45) is 16.3 Å². The van der Waals surface area contributed by atoms with Gasteiger partial charge in [-0.25, -0.2) is 9.98 Å². The minimum Gasteiger partial charge on any atom is -0.459 e. The summed E-state index contributed by atoms with van der Waals surface area (Å²) >= 11 is 6.46. The Morgan fingerprint density at radius 2 is 2.03 bits per heavy atom.